The Morgan fingerprint density at radius 2 is 2.00 bits per heavy atom. The summed E-state index contributed by atoms with van der Waals surface area (Å²) >= 11 is 0. The lowest BCUT2D eigenvalue weighted by molar-refractivity contribution is 0.855. The highest BCUT2D eigenvalue weighted by Crippen LogP contribution is 2.19. The Labute approximate surface area is 84.1 Å². The van der Waals surface area contributed by atoms with Gasteiger partial charge in [-0.3, -0.25) is 0 Å². The molecular weight excluding hydrogens is 172 g/mol. The van der Waals surface area contributed by atoms with E-state index in [0.29, 0.717) is 0 Å². The Hall–Kier alpha value is -0.523. The third-order valence-electron chi connectivity index (χ3n) is 2.06. The van der Waals surface area contributed by atoms with Gasteiger partial charge in [0.05, 0.1) is 8.07 Å². The molecule has 0 aliphatic carbocycles. The van der Waals surface area contributed by atoms with Gasteiger partial charge in [-0.15, -0.1) is 12.3 Å². The van der Waals surface area contributed by atoms with Crippen LogP contribution in [0.25, 0.3) is 0 Å². The van der Waals surface area contributed by atoms with Crippen molar-refractivity contribution in [3.8, 4) is 0 Å². The van der Waals surface area contributed by atoms with Crippen LogP contribution in [0.2, 0.25) is 19.6 Å². The smallest absolute Gasteiger partial charge is 0.0823 e. The van der Waals surface area contributed by atoms with Gasteiger partial charge in [-0.1, -0.05) is 25.7 Å². The summed E-state index contributed by atoms with van der Waals surface area (Å²) in [6.07, 6.45) is 7.59. The zero-order valence-electron chi connectivity index (χ0n) is 9.48. The zero-order valence-corrected chi connectivity index (χ0v) is 10.5. The van der Waals surface area contributed by atoms with Gasteiger partial charge in [0.1, 0.15) is 0 Å². The molecule has 0 atom stereocenters. The van der Waals surface area contributed by atoms with Crippen molar-refractivity contribution in [1.82, 2.24) is 0 Å². The number of allylic oxidation sites excluding steroid dienone is 2. The van der Waals surface area contributed by atoms with E-state index in [1.165, 1.54) is 12.8 Å². The molecule has 1 heteroatoms. The maximum absolute atomic E-state index is 3.74. The molecule has 0 saturated carbocycles. The molecule has 0 amide bonds. The topological polar surface area (TPSA) is 0 Å². The van der Waals surface area contributed by atoms with E-state index in [9.17, 15) is 0 Å². The van der Waals surface area contributed by atoms with Gasteiger partial charge in [0, 0.05) is 0 Å². The molecule has 0 bridgehead atoms. The van der Waals surface area contributed by atoms with Crippen molar-refractivity contribution in [2.75, 3.05) is 0 Å². The predicted molar refractivity (Wildman–Crippen MR) is 64.7 cm³/mol. The van der Waals surface area contributed by atoms with Crippen LogP contribution in [0, 0.1) is 0 Å². The number of unbranched alkanes of at least 4 members (excludes halogenated alkanes) is 1. The van der Waals surface area contributed by atoms with E-state index in [4.69, 9.17) is 0 Å². The number of hydrogen-bond acceptors (Lipinski definition) is 0. The van der Waals surface area contributed by atoms with Crippen LogP contribution in [-0.2, 0) is 0 Å². The molecule has 0 saturated heterocycles. The summed E-state index contributed by atoms with van der Waals surface area (Å²) in [6.45, 7) is 12.9. The van der Waals surface area contributed by atoms with E-state index >= 15 is 0 Å². The van der Waals surface area contributed by atoms with Crippen molar-refractivity contribution in [3.63, 3.8) is 0 Å². The van der Waals surface area contributed by atoms with Crippen molar-refractivity contribution in [2.24, 2.45) is 0 Å². The highest BCUT2D eigenvalue weighted by Gasteiger charge is 2.18. The lowest BCUT2D eigenvalue weighted by Gasteiger charge is -2.18. The van der Waals surface area contributed by atoms with Crippen LogP contribution >= 0.6 is 0 Å². The summed E-state index contributed by atoms with van der Waals surface area (Å²) in [5.74, 6) is 0. The quantitative estimate of drug-likeness (QED) is 0.265. The highest BCUT2D eigenvalue weighted by atomic mass is 28.3. The Bertz CT molecular complexity index is 212. The average molecular weight is 194 g/mol. The van der Waals surface area contributed by atoms with Crippen molar-refractivity contribution >= 4 is 8.07 Å². The van der Waals surface area contributed by atoms with Crippen LogP contribution in [-0.4, -0.2) is 8.07 Å². The number of hydrogen-bond donors (Lipinski definition) is 0. The molecule has 0 unspecified atom stereocenters. The van der Waals surface area contributed by atoms with Crippen molar-refractivity contribution in [2.45, 2.75) is 45.8 Å². The summed E-state index contributed by atoms with van der Waals surface area (Å²) in [5, 5.41) is 1.55. The van der Waals surface area contributed by atoms with Gasteiger partial charge in [0.25, 0.3) is 0 Å². The Kier molecular flexibility index (Phi) is 5.77. The Balaban J connectivity index is 4.30. The van der Waals surface area contributed by atoms with Crippen LogP contribution in [0.15, 0.2) is 29.7 Å². The molecule has 13 heavy (non-hydrogen) atoms. The first-order chi connectivity index (χ1) is 6.02. The van der Waals surface area contributed by atoms with E-state index in [-0.39, 0.29) is 0 Å². The van der Waals surface area contributed by atoms with Crippen LogP contribution < -0.4 is 0 Å². The molecule has 0 spiro atoms. The summed E-state index contributed by atoms with van der Waals surface area (Å²) in [6, 6.07) is 0. The monoisotopic (exact) mass is 194 g/mol. The lowest BCUT2D eigenvalue weighted by Crippen LogP contribution is -2.23. The molecular formula is C12H22Si. The van der Waals surface area contributed by atoms with Gasteiger partial charge in [-0.25, -0.2) is 0 Å². The fourth-order valence-electron chi connectivity index (χ4n) is 1.26. The van der Waals surface area contributed by atoms with Gasteiger partial charge in [0.2, 0.25) is 0 Å². The molecule has 0 nitrogen and oxygen atoms in total. The Morgan fingerprint density at radius 3 is 2.38 bits per heavy atom. The van der Waals surface area contributed by atoms with Crippen molar-refractivity contribution in [1.29, 1.82) is 0 Å². The minimum Gasteiger partial charge on any atom is -0.131 e. The third-order valence-corrected chi connectivity index (χ3v) is 4.26. The SMILES string of the molecule is C=CCCCC(=C=CC)[Si](C)(C)C. The largest absolute Gasteiger partial charge is 0.131 e. The maximum Gasteiger partial charge on any atom is 0.0823 e. The molecule has 0 aliphatic heterocycles. The summed E-state index contributed by atoms with van der Waals surface area (Å²) in [4.78, 5) is 0. The van der Waals surface area contributed by atoms with E-state index in [0.717, 1.165) is 6.42 Å². The molecule has 0 heterocycles. The molecule has 0 aromatic carbocycles. The van der Waals surface area contributed by atoms with Gasteiger partial charge in [-0.2, -0.15) is 0 Å². The van der Waals surface area contributed by atoms with E-state index < -0.39 is 8.07 Å². The van der Waals surface area contributed by atoms with Gasteiger partial charge in [0.15, 0.2) is 0 Å². The molecule has 0 aromatic rings. The molecule has 74 valence electrons. The maximum atomic E-state index is 3.74. The first-order valence-electron chi connectivity index (χ1n) is 5.04. The molecule has 0 rings (SSSR count). The van der Waals surface area contributed by atoms with E-state index in [1.807, 2.05) is 19.1 Å². The number of rotatable bonds is 5. The highest BCUT2D eigenvalue weighted by molar-refractivity contribution is 6.83. The molecule has 0 aliphatic rings. The zero-order chi connectivity index (χ0) is 10.3. The fraction of sp³-hybridized carbons (Fsp3) is 0.583. The summed E-state index contributed by atoms with van der Waals surface area (Å²) < 4.78 is 0. The van der Waals surface area contributed by atoms with Gasteiger partial charge < -0.3 is 0 Å². The standard InChI is InChI=1S/C12H22Si/c1-6-8-9-11-12(10-7-2)13(3,4)5/h6-7H,1,8-9,11H2,2-5H3. The van der Waals surface area contributed by atoms with Crippen molar-refractivity contribution in [3.05, 3.63) is 29.7 Å². The molecule has 0 fully saturated rings. The predicted octanol–water partition coefficient (Wildman–Crippen LogP) is 4.32. The summed E-state index contributed by atoms with van der Waals surface area (Å²) in [5.41, 5.74) is 3.40. The lowest BCUT2D eigenvalue weighted by atomic mass is 10.2. The first-order valence-corrected chi connectivity index (χ1v) is 8.54. The second-order valence-corrected chi connectivity index (χ2v) is 9.45. The normalized spacial score (nSPS) is 10.5. The van der Waals surface area contributed by atoms with Gasteiger partial charge >= 0.3 is 0 Å². The van der Waals surface area contributed by atoms with Crippen LogP contribution in [0.1, 0.15) is 26.2 Å². The molecule has 0 radical (unpaired) electrons. The minimum absolute atomic E-state index is 1.12. The van der Waals surface area contributed by atoms with Crippen LogP contribution in [0.3, 0.4) is 0 Å². The average Bonchev–Trinajstić information content (AvgIpc) is 2.01. The fourth-order valence-corrected chi connectivity index (χ4v) is 2.77. The van der Waals surface area contributed by atoms with E-state index in [1.54, 1.807) is 5.20 Å². The van der Waals surface area contributed by atoms with Crippen LogP contribution in [0.4, 0.5) is 0 Å². The third kappa shape index (κ3) is 5.68. The van der Waals surface area contributed by atoms with E-state index in [2.05, 4.69) is 32.0 Å². The molecule has 0 aromatic heterocycles. The van der Waals surface area contributed by atoms with Crippen LogP contribution in [0.5, 0.6) is 0 Å². The van der Waals surface area contributed by atoms with Crippen molar-refractivity contribution < 1.29 is 0 Å². The molecule has 0 N–H and O–H groups in total. The second kappa shape index (κ2) is 6.01. The minimum atomic E-state index is -1.12. The van der Waals surface area contributed by atoms with Gasteiger partial charge in [-0.05, 0) is 37.5 Å². The first kappa shape index (κ1) is 12.5. The second-order valence-electron chi connectivity index (χ2n) is 4.34. The summed E-state index contributed by atoms with van der Waals surface area (Å²) in [7, 11) is -1.12. The Morgan fingerprint density at radius 1 is 1.38 bits per heavy atom.